The Morgan fingerprint density at radius 2 is 1.95 bits per heavy atom. The maximum Gasteiger partial charge on any atom is 0.240 e. The molecule has 3 rings (SSSR count). The van der Waals surface area contributed by atoms with Crippen LogP contribution in [-0.2, 0) is 4.79 Å². The Labute approximate surface area is 115 Å². The van der Waals surface area contributed by atoms with E-state index in [1.54, 1.807) is 0 Å². The molecule has 4 nitrogen and oxygen atoms in total. The van der Waals surface area contributed by atoms with Gasteiger partial charge in [0.25, 0.3) is 0 Å². The van der Waals surface area contributed by atoms with Crippen LogP contribution in [-0.4, -0.2) is 48.2 Å². The van der Waals surface area contributed by atoms with Crippen molar-refractivity contribution in [3.8, 4) is 0 Å². The lowest BCUT2D eigenvalue weighted by molar-refractivity contribution is -0.142. The van der Waals surface area contributed by atoms with Crippen LogP contribution in [0.3, 0.4) is 0 Å². The average molecular weight is 266 g/mol. The lowest BCUT2D eigenvalue weighted by Crippen LogP contribution is -2.68. The fourth-order valence-corrected chi connectivity index (χ4v) is 4.19. The summed E-state index contributed by atoms with van der Waals surface area (Å²) < 4.78 is 0. The number of hydrogen-bond acceptors (Lipinski definition) is 3. The molecular weight excluding hydrogens is 240 g/mol. The van der Waals surface area contributed by atoms with Crippen LogP contribution in [0.4, 0.5) is 0 Å². The van der Waals surface area contributed by atoms with Gasteiger partial charge in [0.05, 0.1) is 6.04 Å². The van der Waals surface area contributed by atoms with Crippen molar-refractivity contribution < 1.29 is 9.90 Å². The van der Waals surface area contributed by atoms with Crippen LogP contribution in [0.15, 0.2) is 0 Å². The quantitative estimate of drug-likeness (QED) is 0.805. The van der Waals surface area contributed by atoms with Gasteiger partial charge in [-0.15, -0.1) is 0 Å². The summed E-state index contributed by atoms with van der Waals surface area (Å²) in [4.78, 5) is 14.7. The van der Waals surface area contributed by atoms with Crippen molar-refractivity contribution in [2.45, 2.75) is 51.0 Å². The molecule has 0 radical (unpaired) electrons. The van der Waals surface area contributed by atoms with Crippen LogP contribution in [0.5, 0.6) is 0 Å². The molecule has 0 bridgehead atoms. The third-order valence-corrected chi connectivity index (χ3v) is 5.58. The highest BCUT2D eigenvalue weighted by molar-refractivity contribution is 5.84. The molecule has 108 valence electrons. The maximum absolute atomic E-state index is 12.6. The fraction of sp³-hybridized carbons (Fsp3) is 0.933. The first kappa shape index (κ1) is 13.4. The standard InChI is InChI=1S/C15H26N2O2/c18-10-5-12-3-8-17(9-4-12)14(19)13-15(11-16-13)6-1-2-7-15/h12-13,16,18H,1-11H2. The predicted molar refractivity (Wildman–Crippen MR) is 73.7 cm³/mol. The minimum absolute atomic E-state index is 0.101. The van der Waals surface area contributed by atoms with Crippen LogP contribution >= 0.6 is 0 Å². The van der Waals surface area contributed by atoms with Gasteiger partial charge in [-0.1, -0.05) is 12.8 Å². The number of aliphatic hydroxyl groups excluding tert-OH is 1. The van der Waals surface area contributed by atoms with Gasteiger partial charge >= 0.3 is 0 Å². The van der Waals surface area contributed by atoms with Crippen molar-refractivity contribution in [1.82, 2.24) is 10.2 Å². The van der Waals surface area contributed by atoms with E-state index < -0.39 is 0 Å². The molecule has 1 unspecified atom stereocenters. The second kappa shape index (κ2) is 5.41. The molecule has 0 aromatic carbocycles. The number of nitrogens with zero attached hydrogens (tertiary/aromatic N) is 1. The van der Waals surface area contributed by atoms with Crippen molar-refractivity contribution >= 4 is 5.91 Å². The number of rotatable bonds is 3. The first-order valence-corrected chi connectivity index (χ1v) is 7.88. The first-order chi connectivity index (χ1) is 9.25. The van der Waals surface area contributed by atoms with E-state index in [0.717, 1.165) is 38.9 Å². The Balaban J connectivity index is 1.54. The smallest absolute Gasteiger partial charge is 0.240 e. The van der Waals surface area contributed by atoms with Gasteiger partial charge in [-0.2, -0.15) is 0 Å². The molecule has 2 heterocycles. The summed E-state index contributed by atoms with van der Waals surface area (Å²) in [5.74, 6) is 0.958. The molecular formula is C15H26N2O2. The number of nitrogens with one attached hydrogen (secondary N) is 1. The summed E-state index contributed by atoms with van der Waals surface area (Å²) in [6.07, 6.45) is 8.08. The van der Waals surface area contributed by atoms with E-state index in [-0.39, 0.29) is 12.6 Å². The van der Waals surface area contributed by atoms with E-state index in [9.17, 15) is 4.79 Å². The van der Waals surface area contributed by atoms with E-state index in [4.69, 9.17) is 5.11 Å². The van der Waals surface area contributed by atoms with Gasteiger partial charge in [0, 0.05) is 31.7 Å². The van der Waals surface area contributed by atoms with Gasteiger partial charge in [-0.3, -0.25) is 4.79 Å². The molecule has 2 aliphatic heterocycles. The van der Waals surface area contributed by atoms with Gasteiger partial charge in [-0.05, 0) is 38.0 Å². The Hall–Kier alpha value is -0.610. The summed E-state index contributed by atoms with van der Waals surface area (Å²) in [5.41, 5.74) is 0.305. The molecule has 19 heavy (non-hydrogen) atoms. The molecule has 0 aromatic rings. The Kier molecular flexibility index (Phi) is 3.81. The van der Waals surface area contributed by atoms with Gasteiger partial charge < -0.3 is 15.3 Å². The fourth-order valence-electron chi connectivity index (χ4n) is 4.19. The molecule has 4 heteroatoms. The number of piperidine rings is 1. The van der Waals surface area contributed by atoms with Gasteiger partial charge in [0.15, 0.2) is 0 Å². The minimum Gasteiger partial charge on any atom is -0.396 e. The van der Waals surface area contributed by atoms with Crippen LogP contribution in [0.25, 0.3) is 0 Å². The zero-order valence-electron chi connectivity index (χ0n) is 11.7. The van der Waals surface area contributed by atoms with E-state index >= 15 is 0 Å². The summed E-state index contributed by atoms with van der Waals surface area (Å²) in [5, 5.41) is 12.4. The van der Waals surface area contributed by atoms with Gasteiger partial charge in [0.2, 0.25) is 5.91 Å². The molecule has 1 atom stereocenters. The zero-order chi connectivity index (χ0) is 13.3. The molecule has 0 aromatic heterocycles. The number of carbonyl (C=O) groups excluding carboxylic acids is 1. The van der Waals surface area contributed by atoms with Crippen molar-refractivity contribution in [3.05, 3.63) is 0 Å². The highest BCUT2D eigenvalue weighted by Crippen LogP contribution is 2.46. The first-order valence-electron chi connectivity index (χ1n) is 7.88. The van der Waals surface area contributed by atoms with E-state index in [0.29, 0.717) is 17.2 Å². The zero-order valence-corrected chi connectivity index (χ0v) is 11.7. The largest absolute Gasteiger partial charge is 0.396 e. The van der Waals surface area contributed by atoms with Crippen LogP contribution in [0.1, 0.15) is 44.9 Å². The highest BCUT2D eigenvalue weighted by atomic mass is 16.3. The van der Waals surface area contributed by atoms with Crippen molar-refractivity contribution in [2.24, 2.45) is 11.3 Å². The molecule has 1 aliphatic carbocycles. The minimum atomic E-state index is 0.101. The summed E-state index contributed by atoms with van der Waals surface area (Å²) in [6.45, 7) is 3.10. The molecule has 2 N–H and O–H groups in total. The molecule has 2 saturated heterocycles. The van der Waals surface area contributed by atoms with E-state index in [1.165, 1.54) is 25.7 Å². The highest BCUT2D eigenvalue weighted by Gasteiger charge is 2.52. The van der Waals surface area contributed by atoms with Gasteiger partial charge in [-0.25, -0.2) is 0 Å². The summed E-state index contributed by atoms with van der Waals surface area (Å²) in [7, 11) is 0. The third-order valence-electron chi connectivity index (χ3n) is 5.58. The van der Waals surface area contributed by atoms with Gasteiger partial charge in [0.1, 0.15) is 0 Å². The van der Waals surface area contributed by atoms with E-state index in [1.807, 2.05) is 0 Å². The normalized spacial score (nSPS) is 30.6. The predicted octanol–water partition coefficient (Wildman–Crippen LogP) is 1.14. The van der Waals surface area contributed by atoms with Crippen molar-refractivity contribution in [2.75, 3.05) is 26.2 Å². The lowest BCUT2D eigenvalue weighted by Gasteiger charge is -2.49. The SMILES string of the molecule is O=C(C1NCC12CCCC2)N1CCC(CCO)CC1. The summed E-state index contributed by atoms with van der Waals surface area (Å²) in [6, 6.07) is 0.101. The summed E-state index contributed by atoms with van der Waals surface area (Å²) >= 11 is 0. The second-order valence-electron chi connectivity index (χ2n) is 6.66. The number of carbonyl (C=O) groups is 1. The monoisotopic (exact) mass is 266 g/mol. The Bertz CT molecular complexity index is 331. The number of aliphatic hydroxyl groups is 1. The molecule has 3 fully saturated rings. The lowest BCUT2D eigenvalue weighted by atomic mass is 9.71. The van der Waals surface area contributed by atoms with Crippen LogP contribution in [0, 0.1) is 11.3 Å². The van der Waals surface area contributed by atoms with Crippen LogP contribution < -0.4 is 5.32 Å². The molecule has 1 spiro atoms. The average Bonchev–Trinajstić information content (AvgIpc) is 2.90. The van der Waals surface area contributed by atoms with Crippen molar-refractivity contribution in [3.63, 3.8) is 0 Å². The molecule has 1 saturated carbocycles. The Morgan fingerprint density at radius 3 is 2.47 bits per heavy atom. The van der Waals surface area contributed by atoms with Crippen molar-refractivity contribution in [1.29, 1.82) is 0 Å². The second-order valence-corrected chi connectivity index (χ2v) is 6.66. The number of amides is 1. The third kappa shape index (κ3) is 2.40. The Morgan fingerprint density at radius 1 is 1.26 bits per heavy atom. The maximum atomic E-state index is 12.6. The molecule has 1 amide bonds. The topological polar surface area (TPSA) is 52.6 Å². The number of hydrogen-bond donors (Lipinski definition) is 2. The number of likely N-dealkylation sites (tertiary alicyclic amines) is 1. The van der Waals surface area contributed by atoms with E-state index in [2.05, 4.69) is 10.2 Å². The molecule has 3 aliphatic rings. The van der Waals surface area contributed by atoms with Crippen LogP contribution in [0.2, 0.25) is 0 Å².